The summed E-state index contributed by atoms with van der Waals surface area (Å²) in [5.41, 5.74) is 1.32. The number of hydrogen-bond donors (Lipinski definition) is 1. The van der Waals surface area contributed by atoms with Crippen LogP contribution in [-0.2, 0) is 0 Å². The zero-order chi connectivity index (χ0) is 14.7. The van der Waals surface area contributed by atoms with Gasteiger partial charge in [0.25, 0.3) is 0 Å². The van der Waals surface area contributed by atoms with Gasteiger partial charge in [0.05, 0.1) is 0 Å². The van der Waals surface area contributed by atoms with Gasteiger partial charge in [0.2, 0.25) is 0 Å². The van der Waals surface area contributed by atoms with E-state index in [1.54, 1.807) is 0 Å². The van der Waals surface area contributed by atoms with Gasteiger partial charge < -0.3 is 5.32 Å². The minimum absolute atomic E-state index is 0.414. The lowest BCUT2D eigenvalue weighted by atomic mass is 9.94. The summed E-state index contributed by atoms with van der Waals surface area (Å²) in [7, 11) is 0. The van der Waals surface area contributed by atoms with Crippen molar-refractivity contribution >= 4 is 11.6 Å². The highest BCUT2D eigenvalue weighted by Crippen LogP contribution is 2.29. The molecule has 3 unspecified atom stereocenters. The van der Waals surface area contributed by atoms with Crippen molar-refractivity contribution in [2.75, 3.05) is 13.1 Å². The Morgan fingerprint density at radius 2 is 2.10 bits per heavy atom. The maximum absolute atomic E-state index is 6.15. The lowest BCUT2D eigenvalue weighted by Gasteiger charge is -2.45. The van der Waals surface area contributed by atoms with Crippen molar-refractivity contribution in [1.29, 1.82) is 0 Å². The molecule has 3 heteroatoms. The molecule has 0 saturated carbocycles. The second-order valence-electron chi connectivity index (χ2n) is 6.25. The van der Waals surface area contributed by atoms with Crippen molar-refractivity contribution in [3.63, 3.8) is 0 Å². The Bertz CT molecular complexity index is 433. The highest BCUT2D eigenvalue weighted by atomic mass is 35.5. The minimum Gasteiger partial charge on any atom is -0.311 e. The summed E-state index contributed by atoms with van der Waals surface area (Å²) in [5.74, 6) is 0.655. The fraction of sp³-hybridized carbons (Fsp3) is 0.647. The molecule has 0 radical (unpaired) electrons. The van der Waals surface area contributed by atoms with E-state index < -0.39 is 0 Å². The summed E-state index contributed by atoms with van der Waals surface area (Å²) in [6.07, 6.45) is 1.18. The van der Waals surface area contributed by atoms with Crippen molar-refractivity contribution in [3.8, 4) is 0 Å². The average molecular weight is 295 g/mol. The van der Waals surface area contributed by atoms with Crippen LogP contribution in [0.5, 0.6) is 0 Å². The summed E-state index contributed by atoms with van der Waals surface area (Å²) < 4.78 is 0. The predicted molar refractivity (Wildman–Crippen MR) is 87.3 cm³/mol. The van der Waals surface area contributed by atoms with Crippen LogP contribution < -0.4 is 5.32 Å². The zero-order valence-electron chi connectivity index (χ0n) is 13.1. The minimum atomic E-state index is 0.414. The van der Waals surface area contributed by atoms with Crippen LogP contribution in [0.4, 0.5) is 0 Å². The van der Waals surface area contributed by atoms with Crippen molar-refractivity contribution in [1.82, 2.24) is 10.2 Å². The molecule has 1 saturated heterocycles. The molecule has 1 N–H and O–H groups in total. The molecule has 1 heterocycles. The van der Waals surface area contributed by atoms with Gasteiger partial charge in [-0.15, -0.1) is 0 Å². The third-order valence-electron chi connectivity index (χ3n) is 4.56. The van der Waals surface area contributed by atoms with E-state index in [0.29, 0.717) is 24.0 Å². The molecule has 1 aliphatic heterocycles. The van der Waals surface area contributed by atoms with E-state index in [4.69, 9.17) is 11.6 Å². The second-order valence-corrected chi connectivity index (χ2v) is 6.69. The van der Waals surface area contributed by atoms with Gasteiger partial charge in [-0.25, -0.2) is 0 Å². The van der Waals surface area contributed by atoms with E-state index in [1.165, 1.54) is 12.0 Å². The van der Waals surface area contributed by atoms with Gasteiger partial charge in [0.15, 0.2) is 0 Å². The first-order chi connectivity index (χ1) is 9.52. The molecule has 3 atom stereocenters. The first-order valence-electron chi connectivity index (χ1n) is 7.77. The molecule has 0 aliphatic carbocycles. The number of halogens is 1. The molecule has 0 bridgehead atoms. The van der Waals surface area contributed by atoms with Crippen LogP contribution in [0.2, 0.25) is 5.02 Å². The molecule has 20 heavy (non-hydrogen) atoms. The lowest BCUT2D eigenvalue weighted by Crippen LogP contribution is -2.58. The van der Waals surface area contributed by atoms with Gasteiger partial charge in [-0.1, -0.05) is 44.5 Å². The van der Waals surface area contributed by atoms with Gasteiger partial charge in [0.1, 0.15) is 0 Å². The zero-order valence-corrected chi connectivity index (χ0v) is 13.8. The number of rotatable bonds is 4. The third-order valence-corrected chi connectivity index (χ3v) is 4.80. The van der Waals surface area contributed by atoms with E-state index in [9.17, 15) is 0 Å². The Kier molecular flexibility index (Phi) is 5.48. The van der Waals surface area contributed by atoms with Gasteiger partial charge >= 0.3 is 0 Å². The largest absolute Gasteiger partial charge is 0.311 e. The summed E-state index contributed by atoms with van der Waals surface area (Å²) in [4.78, 5) is 2.65. The van der Waals surface area contributed by atoms with E-state index >= 15 is 0 Å². The van der Waals surface area contributed by atoms with Gasteiger partial charge in [-0.3, -0.25) is 4.90 Å². The van der Waals surface area contributed by atoms with Crippen LogP contribution in [0, 0.1) is 5.92 Å². The molecule has 1 aromatic rings. The summed E-state index contributed by atoms with van der Waals surface area (Å²) in [6.45, 7) is 11.4. The molecular weight excluding hydrogens is 268 g/mol. The number of hydrogen-bond acceptors (Lipinski definition) is 2. The number of piperazine rings is 1. The lowest BCUT2D eigenvalue weighted by molar-refractivity contribution is 0.0610. The van der Waals surface area contributed by atoms with Crippen LogP contribution in [0.1, 0.15) is 45.7 Å². The van der Waals surface area contributed by atoms with Crippen molar-refractivity contribution in [3.05, 3.63) is 34.9 Å². The van der Waals surface area contributed by atoms with Crippen LogP contribution in [0.25, 0.3) is 0 Å². The fourth-order valence-corrected chi connectivity index (χ4v) is 3.35. The Morgan fingerprint density at radius 1 is 1.35 bits per heavy atom. The predicted octanol–water partition coefficient (Wildman–Crippen LogP) is 4.11. The Hall–Kier alpha value is -0.570. The second kappa shape index (κ2) is 6.93. The molecule has 1 aliphatic rings. The van der Waals surface area contributed by atoms with E-state index in [1.807, 2.05) is 6.07 Å². The number of benzene rings is 1. The molecule has 2 rings (SSSR count). The maximum atomic E-state index is 6.15. The number of nitrogens with zero attached hydrogens (tertiary/aromatic N) is 1. The van der Waals surface area contributed by atoms with Crippen LogP contribution in [-0.4, -0.2) is 30.1 Å². The first-order valence-corrected chi connectivity index (χ1v) is 8.15. The van der Waals surface area contributed by atoms with Gasteiger partial charge in [-0.05, 0) is 37.0 Å². The topological polar surface area (TPSA) is 15.3 Å². The van der Waals surface area contributed by atoms with E-state index in [2.05, 4.69) is 56.1 Å². The van der Waals surface area contributed by atoms with Gasteiger partial charge in [0, 0.05) is 36.2 Å². The van der Waals surface area contributed by atoms with Gasteiger partial charge in [-0.2, -0.15) is 0 Å². The van der Waals surface area contributed by atoms with E-state index in [-0.39, 0.29) is 0 Å². The Balaban J connectivity index is 2.20. The van der Waals surface area contributed by atoms with Crippen molar-refractivity contribution in [2.24, 2.45) is 5.92 Å². The molecule has 2 nitrogen and oxygen atoms in total. The normalized spacial score (nSPS) is 25.9. The summed E-state index contributed by atoms with van der Waals surface area (Å²) in [5, 5.41) is 4.51. The van der Waals surface area contributed by atoms with Crippen LogP contribution in [0.15, 0.2) is 24.3 Å². The smallest absolute Gasteiger partial charge is 0.0409 e. The SMILES string of the molecule is CCC1CN(C(C)c2cccc(Cl)c2)C(C(C)C)CN1. The standard InChI is InChI=1S/C17H27ClN2/c1-5-16-11-20(17(10-19-16)12(2)3)13(4)14-7-6-8-15(18)9-14/h6-9,12-13,16-17,19H,5,10-11H2,1-4H3. The quantitative estimate of drug-likeness (QED) is 0.899. The summed E-state index contributed by atoms with van der Waals surface area (Å²) >= 11 is 6.15. The molecule has 1 aromatic carbocycles. The molecule has 0 amide bonds. The first kappa shape index (κ1) is 15.8. The molecule has 112 valence electrons. The number of nitrogens with one attached hydrogen (secondary N) is 1. The highest BCUT2D eigenvalue weighted by molar-refractivity contribution is 6.30. The van der Waals surface area contributed by atoms with Crippen LogP contribution >= 0.6 is 11.6 Å². The molecule has 1 fully saturated rings. The van der Waals surface area contributed by atoms with Crippen molar-refractivity contribution < 1.29 is 0 Å². The fourth-order valence-electron chi connectivity index (χ4n) is 3.15. The highest BCUT2D eigenvalue weighted by Gasteiger charge is 2.32. The Morgan fingerprint density at radius 3 is 2.70 bits per heavy atom. The molecule has 0 aromatic heterocycles. The Labute approximate surface area is 128 Å². The maximum Gasteiger partial charge on any atom is 0.0409 e. The third kappa shape index (κ3) is 3.55. The average Bonchev–Trinajstić information content (AvgIpc) is 2.45. The van der Waals surface area contributed by atoms with Crippen LogP contribution in [0.3, 0.4) is 0 Å². The van der Waals surface area contributed by atoms with E-state index in [0.717, 1.165) is 18.1 Å². The monoisotopic (exact) mass is 294 g/mol. The van der Waals surface area contributed by atoms with Crippen molar-refractivity contribution in [2.45, 2.75) is 52.2 Å². The summed E-state index contributed by atoms with van der Waals surface area (Å²) in [6, 6.07) is 9.90. The molecule has 0 spiro atoms. The molecular formula is C17H27ClN2.